The van der Waals surface area contributed by atoms with Crippen LogP contribution in [-0.2, 0) is 4.79 Å². The lowest BCUT2D eigenvalue weighted by Crippen LogP contribution is -2.44. The first-order valence-corrected chi connectivity index (χ1v) is 7.80. The Morgan fingerprint density at radius 2 is 2.11 bits per heavy atom. The zero-order valence-electron chi connectivity index (χ0n) is 12.0. The van der Waals surface area contributed by atoms with E-state index in [1.54, 1.807) is 0 Å². The number of nitrogens with zero attached hydrogens (tertiary/aromatic N) is 1. The minimum absolute atomic E-state index is 0.104. The molecule has 2 fully saturated rings. The highest BCUT2D eigenvalue weighted by atomic mass is 16.2. The third-order valence-electron chi connectivity index (χ3n) is 4.65. The van der Waals surface area contributed by atoms with Gasteiger partial charge in [-0.25, -0.2) is 0 Å². The molecule has 0 bridgehead atoms. The van der Waals surface area contributed by atoms with Crippen LogP contribution in [0.5, 0.6) is 0 Å². The van der Waals surface area contributed by atoms with Crippen LogP contribution >= 0.6 is 0 Å². The van der Waals surface area contributed by atoms with Gasteiger partial charge >= 0.3 is 0 Å². The monoisotopic (exact) mass is 252 g/mol. The van der Waals surface area contributed by atoms with E-state index in [2.05, 4.69) is 24.1 Å². The zero-order valence-corrected chi connectivity index (χ0v) is 12.0. The summed E-state index contributed by atoms with van der Waals surface area (Å²) in [4.78, 5) is 14.5. The molecule has 0 aromatic carbocycles. The Hall–Kier alpha value is -0.570. The highest BCUT2D eigenvalue weighted by Gasteiger charge is 2.37. The molecule has 1 heterocycles. The van der Waals surface area contributed by atoms with Gasteiger partial charge in [0.15, 0.2) is 0 Å². The smallest absolute Gasteiger partial charge is 0.240 e. The number of likely N-dealkylation sites (tertiary alicyclic amines) is 1. The molecule has 0 spiro atoms. The molecule has 1 saturated carbocycles. The van der Waals surface area contributed by atoms with Crippen LogP contribution in [0.2, 0.25) is 0 Å². The molecule has 1 aliphatic heterocycles. The van der Waals surface area contributed by atoms with Crippen molar-refractivity contribution in [3.63, 3.8) is 0 Å². The Morgan fingerprint density at radius 1 is 1.28 bits per heavy atom. The third kappa shape index (κ3) is 3.05. The second kappa shape index (κ2) is 6.55. The standard InChI is InChI=1S/C15H28N2O/c1-3-9-16-14-8-10-17(15(14)18)13-7-5-6-12(4-2)11-13/h12-14,16H,3-11H2,1-2H3. The van der Waals surface area contributed by atoms with E-state index in [0.29, 0.717) is 11.9 Å². The van der Waals surface area contributed by atoms with Gasteiger partial charge in [0.2, 0.25) is 5.91 Å². The van der Waals surface area contributed by atoms with Crippen LogP contribution in [0.25, 0.3) is 0 Å². The minimum Gasteiger partial charge on any atom is -0.338 e. The normalized spacial score (nSPS) is 33.1. The van der Waals surface area contributed by atoms with E-state index in [9.17, 15) is 4.79 Å². The molecule has 1 aliphatic carbocycles. The molecule has 3 nitrogen and oxygen atoms in total. The second-order valence-electron chi connectivity index (χ2n) is 5.92. The van der Waals surface area contributed by atoms with Crippen LogP contribution in [0.15, 0.2) is 0 Å². The van der Waals surface area contributed by atoms with Crippen molar-refractivity contribution >= 4 is 5.91 Å². The van der Waals surface area contributed by atoms with Crippen LogP contribution in [0.1, 0.15) is 58.8 Å². The Bertz CT molecular complexity index is 280. The van der Waals surface area contributed by atoms with Crippen molar-refractivity contribution in [2.24, 2.45) is 5.92 Å². The van der Waals surface area contributed by atoms with Gasteiger partial charge < -0.3 is 10.2 Å². The molecule has 2 rings (SSSR count). The topological polar surface area (TPSA) is 32.3 Å². The number of nitrogens with one attached hydrogen (secondary N) is 1. The number of carbonyl (C=O) groups is 1. The van der Waals surface area contributed by atoms with E-state index in [1.807, 2.05) is 0 Å². The predicted octanol–water partition coefficient (Wildman–Crippen LogP) is 2.56. The number of hydrogen-bond acceptors (Lipinski definition) is 2. The van der Waals surface area contributed by atoms with Gasteiger partial charge in [0.05, 0.1) is 6.04 Å². The van der Waals surface area contributed by atoms with Crippen molar-refractivity contribution in [3.8, 4) is 0 Å². The second-order valence-corrected chi connectivity index (χ2v) is 5.92. The van der Waals surface area contributed by atoms with Crippen molar-refractivity contribution in [1.29, 1.82) is 0 Å². The predicted molar refractivity (Wildman–Crippen MR) is 74.4 cm³/mol. The molecule has 104 valence electrons. The first kappa shape index (κ1) is 13.9. The molecule has 2 aliphatic rings. The van der Waals surface area contributed by atoms with Crippen molar-refractivity contribution in [2.75, 3.05) is 13.1 Å². The van der Waals surface area contributed by atoms with E-state index < -0.39 is 0 Å². The van der Waals surface area contributed by atoms with E-state index in [0.717, 1.165) is 31.8 Å². The lowest BCUT2D eigenvalue weighted by molar-refractivity contribution is -0.132. The third-order valence-corrected chi connectivity index (χ3v) is 4.65. The van der Waals surface area contributed by atoms with Gasteiger partial charge in [-0.15, -0.1) is 0 Å². The summed E-state index contributed by atoms with van der Waals surface area (Å²) in [5, 5.41) is 3.38. The summed E-state index contributed by atoms with van der Waals surface area (Å²) >= 11 is 0. The molecule has 0 aromatic heterocycles. The van der Waals surface area contributed by atoms with Gasteiger partial charge in [-0.1, -0.05) is 33.1 Å². The molecule has 3 heteroatoms. The average Bonchev–Trinajstić information content (AvgIpc) is 2.78. The van der Waals surface area contributed by atoms with Crippen LogP contribution in [0.3, 0.4) is 0 Å². The van der Waals surface area contributed by atoms with Gasteiger partial charge in [-0.05, 0) is 38.1 Å². The number of amides is 1. The molecule has 3 atom stereocenters. The van der Waals surface area contributed by atoms with E-state index in [4.69, 9.17) is 0 Å². The summed E-state index contributed by atoms with van der Waals surface area (Å²) < 4.78 is 0. The Morgan fingerprint density at radius 3 is 2.83 bits per heavy atom. The number of carbonyl (C=O) groups excluding carboxylic acids is 1. The molecule has 0 aromatic rings. The molecule has 18 heavy (non-hydrogen) atoms. The van der Waals surface area contributed by atoms with E-state index in [1.165, 1.54) is 32.1 Å². The molecule has 0 radical (unpaired) electrons. The number of rotatable bonds is 5. The molecule has 1 N–H and O–H groups in total. The van der Waals surface area contributed by atoms with Crippen molar-refractivity contribution in [1.82, 2.24) is 10.2 Å². The van der Waals surface area contributed by atoms with E-state index >= 15 is 0 Å². The van der Waals surface area contributed by atoms with Crippen molar-refractivity contribution in [2.45, 2.75) is 70.9 Å². The summed E-state index contributed by atoms with van der Waals surface area (Å²) in [7, 11) is 0. The Kier molecular flexibility index (Phi) is 5.04. The summed E-state index contributed by atoms with van der Waals surface area (Å²) in [6, 6.07) is 0.636. The SMILES string of the molecule is CCCNC1CCN(C2CCCC(CC)C2)C1=O. The van der Waals surface area contributed by atoms with E-state index in [-0.39, 0.29) is 6.04 Å². The van der Waals surface area contributed by atoms with Gasteiger partial charge in [0, 0.05) is 12.6 Å². The number of hydrogen-bond donors (Lipinski definition) is 1. The highest BCUT2D eigenvalue weighted by Crippen LogP contribution is 2.31. The fourth-order valence-electron chi connectivity index (χ4n) is 3.49. The van der Waals surface area contributed by atoms with Gasteiger partial charge in [0.25, 0.3) is 0 Å². The summed E-state index contributed by atoms with van der Waals surface area (Å²) in [5.74, 6) is 1.21. The maximum absolute atomic E-state index is 12.4. The van der Waals surface area contributed by atoms with Crippen LogP contribution in [0, 0.1) is 5.92 Å². The lowest BCUT2D eigenvalue weighted by Gasteiger charge is -2.35. The van der Waals surface area contributed by atoms with Gasteiger partial charge in [-0.2, -0.15) is 0 Å². The fourth-order valence-corrected chi connectivity index (χ4v) is 3.49. The first-order chi connectivity index (χ1) is 8.76. The minimum atomic E-state index is 0.104. The fraction of sp³-hybridized carbons (Fsp3) is 0.933. The molecular weight excluding hydrogens is 224 g/mol. The average molecular weight is 252 g/mol. The van der Waals surface area contributed by atoms with Crippen LogP contribution < -0.4 is 5.32 Å². The Labute approximate surface area is 111 Å². The first-order valence-electron chi connectivity index (χ1n) is 7.80. The maximum Gasteiger partial charge on any atom is 0.240 e. The molecular formula is C15H28N2O. The zero-order chi connectivity index (χ0) is 13.0. The van der Waals surface area contributed by atoms with Crippen molar-refractivity contribution < 1.29 is 4.79 Å². The lowest BCUT2D eigenvalue weighted by atomic mass is 9.83. The Balaban J connectivity index is 1.88. The quantitative estimate of drug-likeness (QED) is 0.815. The molecule has 3 unspecified atom stereocenters. The van der Waals surface area contributed by atoms with Crippen LogP contribution in [0.4, 0.5) is 0 Å². The molecule has 1 saturated heterocycles. The van der Waals surface area contributed by atoms with Crippen LogP contribution in [-0.4, -0.2) is 36.0 Å². The summed E-state index contributed by atoms with van der Waals surface area (Å²) in [5.41, 5.74) is 0. The van der Waals surface area contributed by atoms with Gasteiger partial charge in [0.1, 0.15) is 0 Å². The van der Waals surface area contributed by atoms with Crippen molar-refractivity contribution in [3.05, 3.63) is 0 Å². The molecule has 1 amide bonds. The summed E-state index contributed by atoms with van der Waals surface area (Å²) in [6.45, 7) is 6.37. The largest absolute Gasteiger partial charge is 0.338 e. The van der Waals surface area contributed by atoms with Gasteiger partial charge in [-0.3, -0.25) is 4.79 Å². The summed E-state index contributed by atoms with van der Waals surface area (Å²) in [6.07, 6.45) is 8.52. The highest BCUT2D eigenvalue weighted by molar-refractivity contribution is 5.84. The maximum atomic E-state index is 12.4.